The Morgan fingerprint density at radius 3 is 2.33 bits per heavy atom. The molecule has 1 heterocycles. The molecule has 0 aliphatic rings. The zero-order valence-corrected chi connectivity index (χ0v) is 8.31. The lowest BCUT2D eigenvalue weighted by Crippen LogP contribution is -2.09. The van der Waals surface area contributed by atoms with Crippen molar-refractivity contribution in [2.24, 2.45) is 0 Å². The monoisotopic (exact) mass is 222 g/mol. The minimum absolute atomic E-state index is 0.0170. The van der Waals surface area contributed by atoms with E-state index in [0.717, 1.165) is 0 Å². The molecule has 0 aliphatic heterocycles. The third-order valence-electron chi connectivity index (χ3n) is 1.87. The van der Waals surface area contributed by atoms with Crippen molar-refractivity contribution in [2.75, 3.05) is 0 Å². The molecule has 0 atom stereocenters. The SMILES string of the molecule is O=c1ccsn1-c1ccc([N+](=O)[O-])cc1. The summed E-state index contributed by atoms with van der Waals surface area (Å²) in [6, 6.07) is 7.31. The summed E-state index contributed by atoms with van der Waals surface area (Å²) < 4.78 is 1.46. The number of benzene rings is 1. The van der Waals surface area contributed by atoms with Gasteiger partial charge in [-0.05, 0) is 12.1 Å². The highest BCUT2D eigenvalue weighted by atomic mass is 32.1. The Labute approximate surface area is 88.5 Å². The van der Waals surface area contributed by atoms with Crippen molar-refractivity contribution in [3.05, 3.63) is 56.2 Å². The van der Waals surface area contributed by atoms with E-state index in [9.17, 15) is 14.9 Å². The van der Waals surface area contributed by atoms with E-state index in [1.807, 2.05) is 0 Å². The summed E-state index contributed by atoms with van der Waals surface area (Å²) >= 11 is 1.25. The van der Waals surface area contributed by atoms with Crippen molar-refractivity contribution in [3.63, 3.8) is 0 Å². The van der Waals surface area contributed by atoms with Crippen LogP contribution in [-0.4, -0.2) is 8.88 Å². The molecule has 2 rings (SSSR count). The van der Waals surface area contributed by atoms with Crippen LogP contribution in [0.15, 0.2) is 40.5 Å². The third-order valence-corrected chi connectivity index (χ3v) is 2.73. The molecule has 0 N–H and O–H groups in total. The van der Waals surface area contributed by atoms with Gasteiger partial charge in [-0.25, -0.2) is 3.96 Å². The summed E-state index contributed by atoms with van der Waals surface area (Å²) in [5.41, 5.74) is 0.526. The number of hydrogen-bond donors (Lipinski definition) is 0. The number of aromatic nitrogens is 1. The van der Waals surface area contributed by atoms with E-state index in [2.05, 4.69) is 0 Å². The Hall–Kier alpha value is -1.95. The van der Waals surface area contributed by atoms with Crippen molar-refractivity contribution in [2.45, 2.75) is 0 Å². The molecule has 0 amide bonds. The maximum Gasteiger partial charge on any atom is 0.269 e. The van der Waals surface area contributed by atoms with Crippen LogP contribution in [-0.2, 0) is 0 Å². The predicted octanol–water partition coefficient (Wildman–Crippen LogP) is 1.81. The first-order chi connectivity index (χ1) is 7.18. The van der Waals surface area contributed by atoms with Crippen molar-refractivity contribution in [1.82, 2.24) is 3.96 Å². The quantitative estimate of drug-likeness (QED) is 0.575. The van der Waals surface area contributed by atoms with E-state index in [0.29, 0.717) is 5.69 Å². The van der Waals surface area contributed by atoms with E-state index in [1.54, 1.807) is 17.5 Å². The summed E-state index contributed by atoms with van der Waals surface area (Å²) in [7, 11) is 0. The molecule has 1 aromatic carbocycles. The second kappa shape index (κ2) is 3.66. The molecule has 5 nitrogen and oxygen atoms in total. The van der Waals surface area contributed by atoms with Crippen LogP contribution in [0.5, 0.6) is 0 Å². The molecule has 0 unspecified atom stereocenters. The van der Waals surface area contributed by atoms with Crippen LogP contribution in [0.1, 0.15) is 0 Å². The topological polar surface area (TPSA) is 65.1 Å². The van der Waals surface area contributed by atoms with Crippen molar-refractivity contribution in [3.8, 4) is 5.69 Å². The maximum absolute atomic E-state index is 11.3. The summed E-state index contributed by atoms with van der Waals surface area (Å²) in [5, 5.41) is 12.1. The number of nitro groups is 1. The predicted molar refractivity (Wildman–Crippen MR) is 56.6 cm³/mol. The third kappa shape index (κ3) is 1.79. The molecule has 0 bridgehead atoms. The highest BCUT2D eigenvalue weighted by Gasteiger charge is 2.05. The molecule has 0 spiro atoms. The molecule has 2 aromatic rings. The van der Waals surface area contributed by atoms with Crippen LogP contribution in [0.3, 0.4) is 0 Å². The van der Waals surface area contributed by atoms with Gasteiger partial charge in [0.1, 0.15) is 0 Å². The molecular weight excluding hydrogens is 216 g/mol. The standard InChI is InChI=1S/C9H6N2O3S/c12-9-5-6-15-10(9)7-1-3-8(4-2-7)11(13)14/h1-6H. The average molecular weight is 222 g/mol. The zero-order valence-electron chi connectivity index (χ0n) is 7.49. The summed E-state index contributed by atoms with van der Waals surface area (Å²) in [6.45, 7) is 0. The van der Waals surface area contributed by atoms with Crippen molar-refractivity contribution < 1.29 is 4.92 Å². The van der Waals surface area contributed by atoms with Crippen LogP contribution < -0.4 is 5.56 Å². The number of hydrogen-bond acceptors (Lipinski definition) is 4. The van der Waals surface area contributed by atoms with E-state index in [-0.39, 0.29) is 11.2 Å². The van der Waals surface area contributed by atoms with Crippen molar-refractivity contribution >= 4 is 17.2 Å². The Morgan fingerprint density at radius 2 is 1.87 bits per heavy atom. The largest absolute Gasteiger partial charge is 0.269 e. The Morgan fingerprint density at radius 1 is 1.20 bits per heavy atom. The molecule has 0 fully saturated rings. The second-order valence-electron chi connectivity index (χ2n) is 2.81. The smallest absolute Gasteiger partial charge is 0.268 e. The summed E-state index contributed by atoms with van der Waals surface area (Å²) in [4.78, 5) is 21.2. The Kier molecular flexibility index (Phi) is 2.34. The zero-order chi connectivity index (χ0) is 10.8. The fraction of sp³-hybridized carbons (Fsp3) is 0. The van der Waals surface area contributed by atoms with Crippen LogP contribution in [0.2, 0.25) is 0 Å². The average Bonchev–Trinajstić information content (AvgIpc) is 2.65. The molecule has 0 radical (unpaired) electrons. The molecule has 0 aliphatic carbocycles. The Balaban J connectivity index is 2.44. The van der Waals surface area contributed by atoms with Crippen LogP contribution >= 0.6 is 11.5 Å². The summed E-state index contributed by atoms with van der Waals surface area (Å²) in [6.07, 6.45) is 0. The number of nitro benzene ring substituents is 1. The van der Waals surface area contributed by atoms with Gasteiger partial charge in [-0.15, -0.1) is 0 Å². The Bertz CT molecular complexity index is 541. The van der Waals surface area contributed by atoms with Gasteiger partial charge >= 0.3 is 0 Å². The fourth-order valence-electron chi connectivity index (χ4n) is 1.17. The normalized spacial score (nSPS) is 10.1. The number of non-ortho nitro benzene ring substituents is 1. The van der Waals surface area contributed by atoms with Gasteiger partial charge in [0, 0.05) is 23.6 Å². The highest BCUT2D eigenvalue weighted by molar-refractivity contribution is 7.04. The molecular formula is C9H6N2O3S. The molecule has 1 aromatic heterocycles. The van der Waals surface area contributed by atoms with Gasteiger partial charge in [-0.2, -0.15) is 0 Å². The maximum atomic E-state index is 11.3. The van der Waals surface area contributed by atoms with E-state index in [1.165, 1.54) is 33.7 Å². The lowest BCUT2D eigenvalue weighted by molar-refractivity contribution is -0.384. The van der Waals surface area contributed by atoms with Crippen molar-refractivity contribution in [1.29, 1.82) is 0 Å². The van der Waals surface area contributed by atoms with Gasteiger partial charge < -0.3 is 0 Å². The number of rotatable bonds is 2. The van der Waals surface area contributed by atoms with Crippen LogP contribution in [0.4, 0.5) is 5.69 Å². The van der Waals surface area contributed by atoms with Gasteiger partial charge in [0.2, 0.25) is 0 Å². The first-order valence-electron chi connectivity index (χ1n) is 4.10. The first kappa shape index (κ1) is 9.60. The summed E-state index contributed by atoms with van der Waals surface area (Å²) in [5.74, 6) is 0. The molecule has 0 saturated heterocycles. The van der Waals surface area contributed by atoms with E-state index >= 15 is 0 Å². The van der Waals surface area contributed by atoms with Gasteiger partial charge in [-0.3, -0.25) is 14.9 Å². The van der Waals surface area contributed by atoms with Gasteiger partial charge in [-0.1, -0.05) is 11.5 Å². The number of nitrogens with zero attached hydrogens (tertiary/aromatic N) is 2. The molecule has 15 heavy (non-hydrogen) atoms. The first-order valence-corrected chi connectivity index (χ1v) is 4.94. The minimum atomic E-state index is -0.471. The molecule has 0 saturated carbocycles. The molecule has 76 valence electrons. The lowest BCUT2D eigenvalue weighted by Gasteiger charge is -1.98. The van der Waals surface area contributed by atoms with Crippen LogP contribution in [0, 0.1) is 10.1 Å². The second-order valence-corrected chi connectivity index (χ2v) is 3.66. The van der Waals surface area contributed by atoms with Gasteiger partial charge in [0.15, 0.2) is 0 Å². The van der Waals surface area contributed by atoms with E-state index < -0.39 is 4.92 Å². The van der Waals surface area contributed by atoms with Gasteiger partial charge in [0.05, 0.1) is 10.6 Å². The fourth-order valence-corrected chi connectivity index (χ4v) is 1.87. The van der Waals surface area contributed by atoms with Crippen LogP contribution in [0.25, 0.3) is 5.69 Å². The lowest BCUT2D eigenvalue weighted by atomic mass is 10.3. The van der Waals surface area contributed by atoms with Gasteiger partial charge in [0.25, 0.3) is 11.2 Å². The minimum Gasteiger partial charge on any atom is -0.268 e. The highest BCUT2D eigenvalue weighted by Crippen LogP contribution is 2.15. The van der Waals surface area contributed by atoms with E-state index in [4.69, 9.17) is 0 Å². The molecule has 6 heteroatoms.